The Kier molecular flexibility index (Phi) is 5.09. The predicted molar refractivity (Wildman–Crippen MR) is 83.7 cm³/mol. The van der Waals surface area contributed by atoms with Gasteiger partial charge < -0.3 is 10.4 Å². The zero-order valence-corrected chi connectivity index (χ0v) is 13.0. The van der Waals surface area contributed by atoms with Gasteiger partial charge in [-0.25, -0.2) is 0 Å². The molecule has 0 unspecified atom stereocenters. The quantitative estimate of drug-likeness (QED) is 0.819. The minimum Gasteiger partial charge on any atom is -0.389 e. The molecule has 2 aromatic heterocycles. The number of rotatable bonds is 7. The number of pyridine rings is 1. The number of nitrogens with one attached hydrogen (secondary N) is 1. The Hall–Kier alpha value is -1.72. The second-order valence-electron chi connectivity index (χ2n) is 5.45. The lowest BCUT2D eigenvalue weighted by molar-refractivity contribution is 0.0323. The summed E-state index contributed by atoms with van der Waals surface area (Å²) in [5.74, 6) is 0. The van der Waals surface area contributed by atoms with E-state index < -0.39 is 5.60 Å². The van der Waals surface area contributed by atoms with E-state index >= 15 is 0 Å². The van der Waals surface area contributed by atoms with Crippen LogP contribution in [0.5, 0.6) is 0 Å². The summed E-state index contributed by atoms with van der Waals surface area (Å²) < 4.78 is 1.81. The lowest BCUT2D eigenvalue weighted by Gasteiger charge is -2.25. The van der Waals surface area contributed by atoms with Gasteiger partial charge in [-0.1, -0.05) is 13.8 Å². The molecule has 2 aromatic rings. The van der Waals surface area contributed by atoms with Crippen molar-refractivity contribution >= 4 is 0 Å². The van der Waals surface area contributed by atoms with Gasteiger partial charge in [-0.2, -0.15) is 5.10 Å². The first-order valence-electron chi connectivity index (χ1n) is 7.44. The summed E-state index contributed by atoms with van der Waals surface area (Å²) in [6.07, 6.45) is 7.08. The molecule has 0 fully saturated rings. The fraction of sp³-hybridized carbons (Fsp3) is 0.500. The molecule has 0 radical (unpaired) electrons. The molecule has 0 aliphatic heterocycles. The first kappa shape index (κ1) is 15.7. The minimum absolute atomic E-state index is 0.585. The lowest BCUT2D eigenvalue weighted by Crippen LogP contribution is -2.39. The Bertz CT molecular complexity index is 561. The van der Waals surface area contributed by atoms with Crippen LogP contribution in [0.2, 0.25) is 0 Å². The van der Waals surface area contributed by atoms with Crippen molar-refractivity contribution in [1.82, 2.24) is 20.1 Å². The highest BCUT2D eigenvalue weighted by Crippen LogP contribution is 2.21. The van der Waals surface area contributed by atoms with Crippen LogP contribution in [0.15, 0.2) is 30.7 Å². The zero-order chi connectivity index (χ0) is 15.3. The summed E-state index contributed by atoms with van der Waals surface area (Å²) in [7, 11) is 1.91. The number of aromatic nitrogens is 3. The van der Waals surface area contributed by atoms with Crippen LogP contribution in [-0.4, -0.2) is 32.0 Å². The maximum atomic E-state index is 10.3. The van der Waals surface area contributed by atoms with Crippen LogP contribution in [0.4, 0.5) is 0 Å². The number of aryl methyl sites for hydroxylation is 1. The van der Waals surface area contributed by atoms with Gasteiger partial charge in [0.1, 0.15) is 0 Å². The van der Waals surface area contributed by atoms with E-state index in [1.54, 1.807) is 6.20 Å². The number of hydrogen-bond donors (Lipinski definition) is 2. The molecule has 5 heteroatoms. The van der Waals surface area contributed by atoms with Crippen molar-refractivity contribution in [1.29, 1.82) is 0 Å². The zero-order valence-electron chi connectivity index (χ0n) is 13.0. The second kappa shape index (κ2) is 6.83. The summed E-state index contributed by atoms with van der Waals surface area (Å²) >= 11 is 0. The van der Waals surface area contributed by atoms with Crippen LogP contribution in [0, 0.1) is 0 Å². The Morgan fingerprint density at radius 3 is 2.71 bits per heavy atom. The molecule has 2 rings (SSSR count). The van der Waals surface area contributed by atoms with Gasteiger partial charge in [-0.15, -0.1) is 0 Å². The average Bonchev–Trinajstić information content (AvgIpc) is 2.89. The van der Waals surface area contributed by atoms with Crippen molar-refractivity contribution in [2.75, 3.05) is 6.54 Å². The Labute approximate surface area is 126 Å². The molecular formula is C16H24N4O. The van der Waals surface area contributed by atoms with Gasteiger partial charge in [0, 0.05) is 49.9 Å². The fourth-order valence-corrected chi connectivity index (χ4v) is 2.34. The largest absolute Gasteiger partial charge is 0.389 e. The molecule has 0 bridgehead atoms. The van der Waals surface area contributed by atoms with E-state index in [4.69, 9.17) is 0 Å². The van der Waals surface area contributed by atoms with E-state index in [2.05, 4.69) is 15.4 Å². The molecule has 0 atom stereocenters. The molecular weight excluding hydrogens is 264 g/mol. The fourth-order valence-electron chi connectivity index (χ4n) is 2.34. The third kappa shape index (κ3) is 3.89. The first-order valence-corrected chi connectivity index (χ1v) is 7.44. The summed E-state index contributed by atoms with van der Waals surface area (Å²) in [5, 5.41) is 18.2. The van der Waals surface area contributed by atoms with Crippen LogP contribution in [0.1, 0.15) is 32.3 Å². The molecule has 0 saturated carbocycles. The molecule has 21 heavy (non-hydrogen) atoms. The van der Waals surface area contributed by atoms with Crippen LogP contribution in [-0.2, 0) is 13.6 Å². The van der Waals surface area contributed by atoms with Crippen LogP contribution in [0.25, 0.3) is 11.3 Å². The van der Waals surface area contributed by atoms with Gasteiger partial charge in [-0.3, -0.25) is 9.67 Å². The van der Waals surface area contributed by atoms with Crippen LogP contribution < -0.4 is 5.32 Å². The number of hydrogen-bond acceptors (Lipinski definition) is 4. The predicted octanol–water partition coefficient (Wildman–Crippen LogP) is 2.12. The molecule has 5 nitrogen and oxygen atoms in total. The Balaban J connectivity index is 2.08. The maximum absolute atomic E-state index is 10.3. The third-order valence-electron chi connectivity index (χ3n) is 3.93. The van der Waals surface area contributed by atoms with Crippen molar-refractivity contribution < 1.29 is 5.11 Å². The highest BCUT2D eigenvalue weighted by atomic mass is 16.3. The van der Waals surface area contributed by atoms with Crippen molar-refractivity contribution in [3.05, 3.63) is 36.3 Å². The second-order valence-corrected chi connectivity index (χ2v) is 5.45. The summed E-state index contributed by atoms with van der Waals surface area (Å²) in [6, 6.07) is 3.92. The average molecular weight is 288 g/mol. The lowest BCUT2D eigenvalue weighted by atomic mass is 9.97. The van der Waals surface area contributed by atoms with Gasteiger partial charge in [0.15, 0.2) is 0 Å². The van der Waals surface area contributed by atoms with Crippen molar-refractivity contribution in [3.63, 3.8) is 0 Å². The van der Waals surface area contributed by atoms with E-state index in [1.807, 2.05) is 50.1 Å². The summed E-state index contributed by atoms with van der Waals surface area (Å²) in [5.41, 5.74) is 2.43. The molecule has 0 saturated heterocycles. The molecule has 2 heterocycles. The van der Waals surface area contributed by atoms with E-state index in [0.717, 1.165) is 29.7 Å². The molecule has 0 aliphatic carbocycles. The summed E-state index contributed by atoms with van der Waals surface area (Å²) in [6.45, 7) is 5.29. The van der Waals surface area contributed by atoms with Gasteiger partial charge in [-0.05, 0) is 25.0 Å². The van der Waals surface area contributed by atoms with Crippen LogP contribution in [0.3, 0.4) is 0 Å². The monoisotopic (exact) mass is 288 g/mol. The Morgan fingerprint density at radius 2 is 2.10 bits per heavy atom. The van der Waals surface area contributed by atoms with E-state index in [0.29, 0.717) is 13.1 Å². The number of aliphatic hydroxyl groups is 1. The van der Waals surface area contributed by atoms with Crippen molar-refractivity contribution in [2.24, 2.45) is 7.05 Å². The molecule has 0 aromatic carbocycles. The number of nitrogens with zero attached hydrogens (tertiary/aromatic N) is 3. The molecule has 114 valence electrons. The normalized spacial score (nSPS) is 11.8. The molecule has 0 spiro atoms. The smallest absolute Gasteiger partial charge is 0.0983 e. The summed E-state index contributed by atoms with van der Waals surface area (Å²) in [4.78, 5) is 4.15. The van der Waals surface area contributed by atoms with Gasteiger partial charge >= 0.3 is 0 Å². The topological polar surface area (TPSA) is 63.0 Å². The SMILES string of the molecule is CCC(O)(CC)CNCc1cn(C)nc1-c1cccnc1. The third-order valence-corrected chi connectivity index (χ3v) is 3.93. The first-order chi connectivity index (χ1) is 10.1. The van der Waals surface area contributed by atoms with E-state index in [-0.39, 0.29) is 0 Å². The molecule has 0 amide bonds. The highest BCUT2D eigenvalue weighted by Gasteiger charge is 2.21. The van der Waals surface area contributed by atoms with Crippen molar-refractivity contribution in [2.45, 2.75) is 38.8 Å². The van der Waals surface area contributed by atoms with Gasteiger partial charge in [0.25, 0.3) is 0 Å². The molecule has 2 N–H and O–H groups in total. The van der Waals surface area contributed by atoms with E-state index in [9.17, 15) is 5.11 Å². The van der Waals surface area contributed by atoms with Crippen molar-refractivity contribution in [3.8, 4) is 11.3 Å². The standard InChI is InChI=1S/C16H24N4O/c1-4-16(21,5-2)12-18-10-14-11-20(3)19-15(14)13-7-6-8-17-9-13/h6-9,11,18,21H,4-5,10,12H2,1-3H3. The highest BCUT2D eigenvalue weighted by molar-refractivity contribution is 5.61. The Morgan fingerprint density at radius 1 is 1.33 bits per heavy atom. The van der Waals surface area contributed by atoms with Crippen LogP contribution >= 0.6 is 0 Å². The minimum atomic E-state index is -0.628. The maximum Gasteiger partial charge on any atom is 0.0983 e. The van der Waals surface area contributed by atoms with Gasteiger partial charge in [0.2, 0.25) is 0 Å². The van der Waals surface area contributed by atoms with E-state index in [1.165, 1.54) is 0 Å². The molecule has 0 aliphatic rings. The van der Waals surface area contributed by atoms with Gasteiger partial charge in [0.05, 0.1) is 11.3 Å².